The first-order valence-corrected chi connectivity index (χ1v) is 5.93. The fourth-order valence-corrected chi connectivity index (χ4v) is 1.97. The Morgan fingerprint density at radius 1 is 1.42 bits per heavy atom. The quantitative estimate of drug-likeness (QED) is 0.649. The fourth-order valence-electron chi connectivity index (χ4n) is 1.97. The predicted octanol–water partition coefficient (Wildman–Crippen LogP) is 1.48. The van der Waals surface area contributed by atoms with Gasteiger partial charge in [-0.25, -0.2) is 0 Å². The number of aromatic nitrogens is 1. The van der Waals surface area contributed by atoms with Gasteiger partial charge in [-0.3, -0.25) is 9.59 Å². The predicted molar refractivity (Wildman–Crippen MR) is 70.6 cm³/mol. The minimum atomic E-state index is -0.173. The van der Waals surface area contributed by atoms with Crippen LogP contribution in [0.2, 0.25) is 0 Å². The van der Waals surface area contributed by atoms with E-state index < -0.39 is 0 Å². The van der Waals surface area contributed by atoms with Gasteiger partial charge in [0.25, 0.3) is 0 Å². The van der Waals surface area contributed by atoms with E-state index in [0.29, 0.717) is 12.1 Å². The van der Waals surface area contributed by atoms with E-state index in [1.807, 2.05) is 30.3 Å². The summed E-state index contributed by atoms with van der Waals surface area (Å²) in [5.74, 6) is -0.173. The molecule has 0 saturated heterocycles. The zero-order chi connectivity index (χ0) is 13.7. The fraction of sp³-hybridized carbons (Fsp3) is 0.214. The van der Waals surface area contributed by atoms with Crippen molar-refractivity contribution in [3.05, 3.63) is 36.0 Å². The van der Waals surface area contributed by atoms with Crippen LogP contribution in [-0.4, -0.2) is 23.3 Å². The second-order valence-corrected chi connectivity index (χ2v) is 4.11. The molecule has 96 valence electrons. The highest BCUT2D eigenvalue weighted by Crippen LogP contribution is 2.19. The molecule has 5 heteroatoms. The molecule has 0 spiro atoms. The molecular weight excluding hydrogens is 242 g/mol. The van der Waals surface area contributed by atoms with Crippen molar-refractivity contribution in [2.45, 2.75) is 13.0 Å². The average Bonchev–Trinajstić information content (AvgIpc) is 2.77. The van der Waals surface area contributed by atoms with Gasteiger partial charge in [-0.05, 0) is 6.07 Å². The Morgan fingerprint density at radius 3 is 2.95 bits per heavy atom. The van der Waals surface area contributed by atoms with Gasteiger partial charge in [0, 0.05) is 29.2 Å². The zero-order valence-corrected chi connectivity index (χ0v) is 10.3. The molecule has 5 nitrogen and oxygen atoms in total. The summed E-state index contributed by atoms with van der Waals surface area (Å²) in [5.41, 5.74) is 1.42. The van der Waals surface area contributed by atoms with Gasteiger partial charge in [-0.1, -0.05) is 18.2 Å². The molecule has 0 unspecified atom stereocenters. The van der Waals surface area contributed by atoms with Crippen LogP contribution in [0.25, 0.3) is 10.9 Å². The highest BCUT2D eigenvalue weighted by Gasteiger charge is 2.09. The van der Waals surface area contributed by atoms with Crippen molar-refractivity contribution in [3.8, 4) is 6.07 Å². The third-order valence-electron chi connectivity index (χ3n) is 2.82. The first-order chi connectivity index (χ1) is 9.26. The topological polar surface area (TPSA) is 74.9 Å². The summed E-state index contributed by atoms with van der Waals surface area (Å²) < 4.78 is 1.74. The van der Waals surface area contributed by atoms with E-state index in [2.05, 4.69) is 5.32 Å². The van der Waals surface area contributed by atoms with E-state index in [1.54, 1.807) is 10.8 Å². The van der Waals surface area contributed by atoms with E-state index in [4.69, 9.17) is 5.26 Å². The number of aldehydes is 1. The van der Waals surface area contributed by atoms with Gasteiger partial charge in [0.05, 0.1) is 12.5 Å². The van der Waals surface area contributed by atoms with Crippen molar-refractivity contribution in [3.63, 3.8) is 0 Å². The summed E-state index contributed by atoms with van der Waals surface area (Å²) in [6, 6.07) is 9.39. The lowest BCUT2D eigenvalue weighted by atomic mass is 10.2. The van der Waals surface area contributed by atoms with Crippen molar-refractivity contribution in [2.75, 3.05) is 6.54 Å². The van der Waals surface area contributed by atoms with Crippen LogP contribution in [0.15, 0.2) is 30.5 Å². The number of nitrogens with one attached hydrogen (secondary N) is 1. The first kappa shape index (κ1) is 12.8. The molecule has 0 fully saturated rings. The van der Waals surface area contributed by atoms with Crippen molar-refractivity contribution >= 4 is 23.1 Å². The molecule has 0 saturated carbocycles. The third kappa shape index (κ3) is 2.80. The average molecular weight is 255 g/mol. The Morgan fingerprint density at radius 2 is 2.21 bits per heavy atom. The number of benzene rings is 1. The Labute approximate surface area is 110 Å². The SMILES string of the molecule is N#CCCNC(=O)Cn1cc(C=O)c2ccccc21. The normalized spacial score (nSPS) is 10.1. The number of rotatable bonds is 5. The summed E-state index contributed by atoms with van der Waals surface area (Å²) >= 11 is 0. The molecule has 1 aromatic carbocycles. The highest BCUT2D eigenvalue weighted by atomic mass is 16.2. The third-order valence-corrected chi connectivity index (χ3v) is 2.82. The molecule has 1 N–H and O–H groups in total. The van der Waals surface area contributed by atoms with Gasteiger partial charge >= 0.3 is 0 Å². The Hall–Kier alpha value is -2.61. The molecular formula is C14H13N3O2. The molecule has 1 aromatic heterocycles. The summed E-state index contributed by atoms with van der Waals surface area (Å²) in [6.45, 7) is 0.481. The number of carbonyl (C=O) groups excluding carboxylic acids is 2. The highest BCUT2D eigenvalue weighted by molar-refractivity contribution is 5.98. The molecule has 1 heterocycles. The van der Waals surface area contributed by atoms with E-state index in [-0.39, 0.29) is 18.9 Å². The van der Waals surface area contributed by atoms with Crippen LogP contribution in [0.4, 0.5) is 0 Å². The zero-order valence-electron chi connectivity index (χ0n) is 10.3. The smallest absolute Gasteiger partial charge is 0.239 e. The Kier molecular flexibility index (Phi) is 3.94. The lowest BCUT2D eigenvalue weighted by molar-refractivity contribution is -0.121. The summed E-state index contributed by atoms with van der Waals surface area (Å²) in [5, 5.41) is 11.9. The summed E-state index contributed by atoms with van der Waals surface area (Å²) in [6.07, 6.45) is 2.74. The number of nitriles is 1. The van der Waals surface area contributed by atoms with Crippen LogP contribution in [0, 0.1) is 11.3 Å². The molecule has 19 heavy (non-hydrogen) atoms. The van der Waals surface area contributed by atoms with Gasteiger partial charge in [0.2, 0.25) is 5.91 Å². The van der Waals surface area contributed by atoms with Crippen LogP contribution in [0.3, 0.4) is 0 Å². The number of para-hydroxylation sites is 1. The van der Waals surface area contributed by atoms with E-state index >= 15 is 0 Å². The van der Waals surface area contributed by atoms with Crippen LogP contribution in [-0.2, 0) is 11.3 Å². The van der Waals surface area contributed by atoms with Crippen LogP contribution < -0.4 is 5.32 Å². The number of hydrogen-bond acceptors (Lipinski definition) is 3. The Balaban J connectivity index is 2.19. The summed E-state index contributed by atoms with van der Waals surface area (Å²) in [7, 11) is 0. The maximum absolute atomic E-state index is 11.7. The molecule has 1 amide bonds. The van der Waals surface area contributed by atoms with Crippen molar-refractivity contribution in [2.24, 2.45) is 0 Å². The standard InChI is InChI=1S/C14H13N3O2/c15-6-3-7-16-14(19)9-17-8-11(10-18)12-4-1-2-5-13(12)17/h1-2,4-5,8,10H,3,7,9H2,(H,16,19). The number of fused-ring (bicyclic) bond motifs is 1. The molecule has 2 rings (SSSR count). The Bertz CT molecular complexity index is 652. The number of hydrogen-bond donors (Lipinski definition) is 1. The number of amides is 1. The number of carbonyl (C=O) groups is 2. The maximum atomic E-state index is 11.7. The van der Waals surface area contributed by atoms with Crippen molar-refractivity contribution in [1.82, 2.24) is 9.88 Å². The lowest BCUT2D eigenvalue weighted by Crippen LogP contribution is -2.28. The molecule has 0 atom stereocenters. The first-order valence-electron chi connectivity index (χ1n) is 5.93. The van der Waals surface area contributed by atoms with Crippen molar-refractivity contribution < 1.29 is 9.59 Å². The lowest BCUT2D eigenvalue weighted by Gasteiger charge is -2.05. The van der Waals surface area contributed by atoms with Crippen LogP contribution in [0.1, 0.15) is 16.8 Å². The van der Waals surface area contributed by atoms with Crippen LogP contribution >= 0.6 is 0 Å². The van der Waals surface area contributed by atoms with E-state index in [0.717, 1.165) is 17.2 Å². The van der Waals surface area contributed by atoms with E-state index in [1.165, 1.54) is 0 Å². The van der Waals surface area contributed by atoms with Gasteiger partial charge in [-0.2, -0.15) is 5.26 Å². The van der Waals surface area contributed by atoms with Gasteiger partial charge < -0.3 is 9.88 Å². The van der Waals surface area contributed by atoms with Gasteiger partial charge in [0.1, 0.15) is 6.54 Å². The molecule has 0 bridgehead atoms. The molecule has 2 aromatic rings. The maximum Gasteiger partial charge on any atom is 0.239 e. The molecule has 0 aliphatic rings. The van der Waals surface area contributed by atoms with Gasteiger partial charge in [0.15, 0.2) is 6.29 Å². The monoisotopic (exact) mass is 255 g/mol. The summed E-state index contributed by atoms with van der Waals surface area (Å²) in [4.78, 5) is 22.7. The number of nitrogens with zero attached hydrogens (tertiary/aromatic N) is 2. The molecule has 0 aliphatic heterocycles. The second-order valence-electron chi connectivity index (χ2n) is 4.11. The molecule has 0 radical (unpaired) electrons. The largest absolute Gasteiger partial charge is 0.354 e. The van der Waals surface area contributed by atoms with E-state index in [9.17, 15) is 9.59 Å². The minimum absolute atomic E-state index is 0.139. The van der Waals surface area contributed by atoms with Crippen LogP contribution in [0.5, 0.6) is 0 Å². The minimum Gasteiger partial charge on any atom is -0.354 e. The second kappa shape index (κ2) is 5.83. The van der Waals surface area contributed by atoms with Crippen molar-refractivity contribution in [1.29, 1.82) is 5.26 Å². The molecule has 0 aliphatic carbocycles. The van der Waals surface area contributed by atoms with Gasteiger partial charge in [-0.15, -0.1) is 0 Å².